The van der Waals surface area contributed by atoms with E-state index in [9.17, 15) is 9.90 Å². The highest BCUT2D eigenvalue weighted by Gasteiger charge is 2.24. The van der Waals surface area contributed by atoms with E-state index in [0.29, 0.717) is 19.0 Å². The lowest BCUT2D eigenvalue weighted by Crippen LogP contribution is -2.41. The maximum absolute atomic E-state index is 11.5. The number of hydrogen-bond acceptors (Lipinski definition) is 3. The number of amides is 1. The van der Waals surface area contributed by atoms with Crippen LogP contribution in [-0.4, -0.2) is 37.3 Å². The van der Waals surface area contributed by atoms with Crippen molar-refractivity contribution in [3.8, 4) is 0 Å². The van der Waals surface area contributed by atoms with Crippen LogP contribution in [0.15, 0.2) is 0 Å². The highest BCUT2D eigenvalue weighted by Crippen LogP contribution is 2.24. The number of hydrogen-bond donors (Lipinski definition) is 3. The average Bonchev–Trinajstić information content (AvgIpc) is 2.35. The van der Waals surface area contributed by atoms with Crippen molar-refractivity contribution in [1.82, 2.24) is 10.6 Å². The Hall–Kier alpha value is -0.610. The van der Waals surface area contributed by atoms with Crippen LogP contribution < -0.4 is 10.6 Å². The zero-order valence-electron chi connectivity index (χ0n) is 12.4. The topological polar surface area (TPSA) is 61.4 Å². The summed E-state index contributed by atoms with van der Waals surface area (Å²) in [5.74, 6) is 0.648. The minimum Gasteiger partial charge on any atom is -0.396 e. The average molecular weight is 258 g/mol. The number of aliphatic hydroxyl groups is 1. The summed E-state index contributed by atoms with van der Waals surface area (Å²) in [4.78, 5) is 11.5. The molecule has 0 rings (SSSR count). The smallest absolute Gasteiger partial charge is 0.233 e. The van der Waals surface area contributed by atoms with Gasteiger partial charge in [-0.3, -0.25) is 4.79 Å². The van der Waals surface area contributed by atoms with E-state index < -0.39 is 0 Å². The molecule has 0 bridgehead atoms. The summed E-state index contributed by atoms with van der Waals surface area (Å²) in [5.41, 5.74) is -0.0851. The van der Waals surface area contributed by atoms with Gasteiger partial charge in [0.2, 0.25) is 5.91 Å². The minimum atomic E-state index is -0.0851. The summed E-state index contributed by atoms with van der Waals surface area (Å²) in [6, 6.07) is 0. The lowest BCUT2D eigenvalue weighted by Gasteiger charge is -2.29. The third-order valence-corrected chi connectivity index (χ3v) is 3.66. The second-order valence-corrected chi connectivity index (χ2v) is 5.50. The van der Waals surface area contributed by atoms with Gasteiger partial charge < -0.3 is 15.7 Å². The van der Waals surface area contributed by atoms with Crippen LogP contribution in [0.25, 0.3) is 0 Å². The molecule has 18 heavy (non-hydrogen) atoms. The molecule has 0 aromatic heterocycles. The molecule has 4 nitrogen and oxygen atoms in total. The van der Waals surface area contributed by atoms with Crippen molar-refractivity contribution in [3.05, 3.63) is 0 Å². The van der Waals surface area contributed by atoms with E-state index in [1.54, 1.807) is 0 Å². The highest BCUT2D eigenvalue weighted by atomic mass is 16.3. The molecule has 3 N–H and O–H groups in total. The molecule has 0 radical (unpaired) electrons. The monoisotopic (exact) mass is 258 g/mol. The van der Waals surface area contributed by atoms with Gasteiger partial charge in [0.05, 0.1) is 6.54 Å². The van der Waals surface area contributed by atoms with Crippen LogP contribution in [0.3, 0.4) is 0 Å². The van der Waals surface area contributed by atoms with Crippen LogP contribution in [-0.2, 0) is 4.79 Å². The van der Waals surface area contributed by atoms with Gasteiger partial charge in [0.25, 0.3) is 0 Å². The van der Waals surface area contributed by atoms with E-state index in [-0.39, 0.29) is 17.9 Å². The molecule has 4 heteroatoms. The zero-order chi connectivity index (χ0) is 14.0. The van der Waals surface area contributed by atoms with Crippen LogP contribution in [0.1, 0.15) is 47.0 Å². The number of rotatable bonds is 10. The van der Waals surface area contributed by atoms with E-state index in [2.05, 4.69) is 38.3 Å². The van der Waals surface area contributed by atoms with E-state index in [1.807, 2.05) is 0 Å². The van der Waals surface area contributed by atoms with Crippen molar-refractivity contribution in [3.63, 3.8) is 0 Å². The number of carbonyl (C=O) groups is 1. The first kappa shape index (κ1) is 17.4. The maximum atomic E-state index is 11.5. The predicted octanol–water partition coefficient (Wildman–Crippen LogP) is 1.54. The molecule has 1 amide bonds. The van der Waals surface area contributed by atoms with Gasteiger partial charge in [0.15, 0.2) is 0 Å². The van der Waals surface area contributed by atoms with Gasteiger partial charge >= 0.3 is 0 Å². The molecule has 0 spiro atoms. The molecule has 0 aliphatic rings. The molecular weight excluding hydrogens is 228 g/mol. The van der Waals surface area contributed by atoms with Gasteiger partial charge in [0, 0.05) is 25.1 Å². The Labute approximate surface area is 112 Å². The maximum Gasteiger partial charge on any atom is 0.233 e. The van der Waals surface area contributed by atoms with Crippen LogP contribution >= 0.6 is 0 Å². The Kier molecular flexibility index (Phi) is 9.02. The SMILES string of the molecule is CCC(CC)(CO)CNCC(=O)NCCC(C)C. The largest absolute Gasteiger partial charge is 0.396 e. The minimum absolute atomic E-state index is 0.0368. The van der Waals surface area contributed by atoms with E-state index in [1.165, 1.54) is 0 Å². The molecule has 0 aliphatic carbocycles. The third kappa shape index (κ3) is 6.97. The Balaban J connectivity index is 3.79. The standard InChI is InChI=1S/C14H30N2O2/c1-5-14(6-2,11-17)10-15-9-13(18)16-8-7-12(3)4/h12,15,17H,5-11H2,1-4H3,(H,16,18). The zero-order valence-corrected chi connectivity index (χ0v) is 12.4. The predicted molar refractivity (Wildman–Crippen MR) is 75.4 cm³/mol. The highest BCUT2D eigenvalue weighted by molar-refractivity contribution is 5.77. The number of nitrogens with one attached hydrogen (secondary N) is 2. The molecule has 0 atom stereocenters. The molecule has 0 unspecified atom stereocenters. The fraction of sp³-hybridized carbons (Fsp3) is 0.929. The molecule has 0 aromatic rings. The van der Waals surface area contributed by atoms with Crippen LogP contribution in [0.2, 0.25) is 0 Å². The van der Waals surface area contributed by atoms with Gasteiger partial charge in [0.1, 0.15) is 0 Å². The fourth-order valence-electron chi connectivity index (χ4n) is 1.78. The van der Waals surface area contributed by atoms with Gasteiger partial charge in [-0.15, -0.1) is 0 Å². The summed E-state index contributed by atoms with van der Waals surface area (Å²) < 4.78 is 0. The van der Waals surface area contributed by atoms with Crippen LogP contribution in [0, 0.1) is 11.3 Å². The quantitative estimate of drug-likeness (QED) is 0.557. The summed E-state index contributed by atoms with van der Waals surface area (Å²) >= 11 is 0. The van der Waals surface area contributed by atoms with Crippen molar-refractivity contribution >= 4 is 5.91 Å². The van der Waals surface area contributed by atoms with Crippen molar-refractivity contribution in [2.45, 2.75) is 47.0 Å². The normalized spacial score (nSPS) is 11.9. The van der Waals surface area contributed by atoms with Crippen LogP contribution in [0.4, 0.5) is 0 Å². The summed E-state index contributed by atoms with van der Waals surface area (Å²) in [6.07, 6.45) is 2.85. The Bertz CT molecular complexity index is 218. The first-order valence-electron chi connectivity index (χ1n) is 7.08. The van der Waals surface area contributed by atoms with E-state index >= 15 is 0 Å². The molecule has 0 aliphatic heterocycles. The molecule has 0 heterocycles. The van der Waals surface area contributed by atoms with Crippen molar-refractivity contribution in [2.24, 2.45) is 11.3 Å². The van der Waals surface area contributed by atoms with Crippen molar-refractivity contribution < 1.29 is 9.90 Å². The first-order valence-corrected chi connectivity index (χ1v) is 7.08. The van der Waals surface area contributed by atoms with Crippen molar-refractivity contribution in [2.75, 3.05) is 26.2 Å². The van der Waals surface area contributed by atoms with Crippen LogP contribution in [0.5, 0.6) is 0 Å². The number of aliphatic hydroxyl groups excluding tert-OH is 1. The lowest BCUT2D eigenvalue weighted by molar-refractivity contribution is -0.120. The van der Waals surface area contributed by atoms with Gasteiger partial charge in [-0.1, -0.05) is 27.7 Å². The molecule has 108 valence electrons. The fourth-order valence-corrected chi connectivity index (χ4v) is 1.78. The van der Waals surface area contributed by atoms with Gasteiger partial charge in [-0.25, -0.2) is 0 Å². The van der Waals surface area contributed by atoms with E-state index in [4.69, 9.17) is 0 Å². The molecular formula is C14H30N2O2. The summed E-state index contributed by atoms with van der Waals surface area (Å²) in [7, 11) is 0. The van der Waals surface area contributed by atoms with Gasteiger partial charge in [-0.2, -0.15) is 0 Å². The Morgan fingerprint density at radius 1 is 1.28 bits per heavy atom. The second kappa shape index (κ2) is 9.34. The lowest BCUT2D eigenvalue weighted by atomic mass is 9.83. The van der Waals surface area contributed by atoms with Crippen molar-refractivity contribution in [1.29, 1.82) is 0 Å². The summed E-state index contributed by atoms with van der Waals surface area (Å²) in [5, 5.41) is 15.4. The van der Waals surface area contributed by atoms with Gasteiger partial charge in [-0.05, 0) is 25.2 Å². The molecule has 0 saturated carbocycles. The Morgan fingerprint density at radius 3 is 2.33 bits per heavy atom. The molecule has 0 saturated heterocycles. The second-order valence-electron chi connectivity index (χ2n) is 5.50. The van der Waals surface area contributed by atoms with E-state index in [0.717, 1.165) is 25.8 Å². The summed E-state index contributed by atoms with van der Waals surface area (Å²) in [6.45, 7) is 10.4. The molecule has 0 aromatic carbocycles. The Morgan fingerprint density at radius 2 is 1.89 bits per heavy atom. The third-order valence-electron chi connectivity index (χ3n) is 3.66. The molecule has 0 fully saturated rings. The first-order chi connectivity index (χ1) is 8.49. The number of carbonyl (C=O) groups excluding carboxylic acids is 1.